The molecule has 6 nitrogen and oxygen atoms in total. The summed E-state index contributed by atoms with van der Waals surface area (Å²) in [4.78, 5) is 0. The Morgan fingerprint density at radius 1 is 1.60 bits per heavy atom. The number of nitrogens with one attached hydrogen (secondary N) is 1. The summed E-state index contributed by atoms with van der Waals surface area (Å²) in [6.07, 6.45) is 2.61. The number of hydrogen-bond donors (Lipinski definition) is 1. The summed E-state index contributed by atoms with van der Waals surface area (Å²) in [5.74, 6) is 0. The molecule has 0 aliphatic rings. The van der Waals surface area contributed by atoms with Gasteiger partial charge in [0.2, 0.25) is 10.0 Å². The fourth-order valence-electron chi connectivity index (χ4n) is 1.17. The second-order valence-corrected chi connectivity index (χ2v) is 5.50. The van der Waals surface area contributed by atoms with Crippen LogP contribution in [0.15, 0.2) is 6.20 Å². The second-order valence-electron chi connectivity index (χ2n) is 3.30. The number of nitrogens with zero attached hydrogens (tertiary/aromatic N) is 3. The van der Waals surface area contributed by atoms with Gasteiger partial charge in [0.15, 0.2) is 0 Å². The molecule has 0 bridgehead atoms. The van der Waals surface area contributed by atoms with Crippen molar-refractivity contribution in [3.8, 4) is 0 Å². The molecule has 15 heavy (non-hydrogen) atoms. The van der Waals surface area contributed by atoms with E-state index in [1.807, 2.05) is 6.92 Å². The van der Waals surface area contributed by atoms with Gasteiger partial charge in [-0.05, 0) is 20.4 Å². The van der Waals surface area contributed by atoms with Gasteiger partial charge in [0, 0.05) is 12.7 Å². The number of sulfonamides is 1. The number of aryl methyl sites for hydroxylation is 1. The first kappa shape index (κ1) is 12.1. The summed E-state index contributed by atoms with van der Waals surface area (Å²) in [6.45, 7) is 4.36. The minimum absolute atomic E-state index is 0.470. The zero-order valence-corrected chi connectivity index (χ0v) is 9.95. The maximum Gasteiger partial charge on any atom is 0.219 e. The predicted molar refractivity (Wildman–Crippen MR) is 56.7 cm³/mol. The van der Waals surface area contributed by atoms with Crippen LogP contribution in [0.4, 0.5) is 0 Å². The fraction of sp³-hybridized carbons (Fsp3) is 0.750. The van der Waals surface area contributed by atoms with Gasteiger partial charge in [0.05, 0.1) is 0 Å². The highest BCUT2D eigenvalue weighted by Crippen LogP contribution is 2.17. The average Bonchev–Trinajstić information content (AvgIpc) is 2.66. The smallest absolute Gasteiger partial charge is 0.219 e. The molecule has 1 aromatic heterocycles. The molecule has 0 aromatic carbocycles. The van der Waals surface area contributed by atoms with E-state index in [0.29, 0.717) is 5.69 Å². The lowest BCUT2D eigenvalue weighted by molar-refractivity contribution is 0.575. The fourth-order valence-corrected chi connectivity index (χ4v) is 1.95. The van der Waals surface area contributed by atoms with Crippen LogP contribution < -0.4 is 4.72 Å². The molecule has 0 saturated heterocycles. The van der Waals surface area contributed by atoms with Crippen molar-refractivity contribution in [1.29, 1.82) is 0 Å². The zero-order chi connectivity index (χ0) is 11.5. The van der Waals surface area contributed by atoms with Crippen molar-refractivity contribution in [2.24, 2.45) is 0 Å². The maximum atomic E-state index is 11.5. The first-order chi connectivity index (χ1) is 7.01. The standard InChI is InChI=1S/C8H16N4O2S/c1-4-5-12-6-8(10-11-12)7(2)15(13,14)9-3/h6-7,9H,4-5H2,1-3H3. The first-order valence-electron chi connectivity index (χ1n) is 4.83. The Kier molecular flexibility index (Phi) is 3.81. The average molecular weight is 232 g/mol. The molecule has 0 aliphatic heterocycles. The second kappa shape index (κ2) is 4.71. The maximum absolute atomic E-state index is 11.5. The van der Waals surface area contributed by atoms with Gasteiger partial charge in [-0.25, -0.2) is 13.1 Å². The van der Waals surface area contributed by atoms with E-state index < -0.39 is 15.3 Å². The molecular formula is C8H16N4O2S. The Morgan fingerprint density at radius 3 is 2.80 bits per heavy atom. The van der Waals surface area contributed by atoms with Gasteiger partial charge < -0.3 is 0 Å². The monoisotopic (exact) mass is 232 g/mol. The van der Waals surface area contributed by atoms with E-state index in [9.17, 15) is 8.42 Å². The molecule has 1 atom stereocenters. The van der Waals surface area contributed by atoms with Crippen LogP contribution in [0.3, 0.4) is 0 Å². The molecule has 1 heterocycles. The van der Waals surface area contributed by atoms with E-state index in [1.165, 1.54) is 7.05 Å². The first-order valence-corrected chi connectivity index (χ1v) is 6.38. The van der Waals surface area contributed by atoms with Gasteiger partial charge in [-0.1, -0.05) is 12.1 Å². The largest absolute Gasteiger partial charge is 0.252 e. The van der Waals surface area contributed by atoms with Crippen molar-refractivity contribution >= 4 is 10.0 Å². The lowest BCUT2D eigenvalue weighted by Crippen LogP contribution is -2.24. The molecule has 1 rings (SSSR count). The summed E-state index contributed by atoms with van der Waals surface area (Å²) >= 11 is 0. The molecular weight excluding hydrogens is 216 g/mol. The van der Waals surface area contributed by atoms with Crippen LogP contribution in [0.2, 0.25) is 0 Å². The van der Waals surface area contributed by atoms with E-state index in [1.54, 1.807) is 17.8 Å². The Balaban J connectivity index is 2.87. The highest BCUT2D eigenvalue weighted by atomic mass is 32.2. The van der Waals surface area contributed by atoms with E-state index in [2.05, 4.69) is 15.0 Å². The van der Waals surface area contributed by atoms with Crippen molar-refractivity contribution in [2.75, 3.05) is 7.05 Å². The van der Waals surface area contributed by atoms with Crippen molar-refractivity contribution in [3.63, 3.8) is 0 Å². The normalized spacial score (nSPS) is 14.1. The summed E-state index contributed by atoms with van der Waals surface area (Å²) in [7, 11) is -1.93. The van der Waals surface area contributed by atoms with Crippen molar-refractivity contribution in [2.45, 2.75) is 32.1 Å². The zero-order valence-electron chi connectivity index (χ0n) is 9.14. The van der Waals surface area contributed by atoms with E-state index in [4.69, 9.17) is 0 Å². The molecule has 0 spiro atoms. The molecule has 1 N–H and O–H groups in total. The van der Waals surface area contributed by atoms with Crippen LogP contribution in [0, 0.1) is 0 Å². The Morgan fingerprint density at radius 2 is 2.27 bits per heavy atom. The van der Waals surface area contributed by atoms with Crippen LogP contribution in [0.5, 0.6) is 0 Å². The third-order valence-corrected chi connectivity index (χ3v) is 3.92. The highest BCUT2D eigenvalue weighted by molar-refractivity contribution is 7.89. The quantitative estimate of drug-likeness (QED) is 0.792. The minimum Gasteiger partial charge on any atom is -0.252 e. The van der Waals surface area contributed by atoms with Crippen molar-refractivity contribution < 1.29 is 8.42 Å². The van der Waals surface area contributed by atoms with Crippen LogP contribution in [-0.2, 0) is 16.6 Å². The van der Waals surface area contributed by atoms with Crippen molar-refractivity contribution in [1.82, 2.24) is 19.7 Å². The van der Waals surface area contributed by atoms with Gasteiger partial charge in [-0.15, -0.1) is 5.10 Å². The molecule has 86 valence electrons. The third-order valence-electron chi connectivity index (χ3n) is 2.18. The summed E-state index contributed by atoms with van der Waals surface area (Å²) in [5.41, 5.74) is 0.470. The molecule has 7 heteroatoms. The Hall–Kier alpha value is -0.950. The molecule has 0 saturated carbocycles. The number of aromatic nitrogens is 3. The van der Waals surface area contributed by atoms with E-state index in [-0.39, 0.29) is 0 Å². The van der Waals surface area contributed by atoms with Crippen molar-refractivity contribution in [3.05, 3.63) is 11.9 Å². The third kappa shape index (κ3) is 2.75. The van der Waals surface area contributed by atoms with E-state index in [0.717, 1.165) is 13.0 Å². The number of rotatable bonds is 5. The van der Waals surface area contributed by atoms with E-state index >= 15 is 0 Å². The van der Waals surface area contributed by atoms with Gasteiger partial charge in [-0.3, -0.25) is 4.68 Å². The molecule has 1 aromatic rings. The van der Waals surface area contributed by atoms with Crippen LogP contribution in [0.1, 0.15) is 31.2 Å². The van der Waals surface area contributed by atoms with Gasteiger partial charge >= 0.3 is 0 Å². The van der Waals surface area contributed by atoms with Gasteiger partial charge in [0.25, 0.3) is 0 Å². The van der Waals surface area contributed by atoms with Crippen LogP contribution >= 0.6 is 0 Å². The molecule has 1 unspecified atom stereocenters. The van der Waals surface area contributed by atoms with Crippen LogP contribution in [-0.4, -0.2) is 30.5 Å². The predicted octanol–water partition coefficient (Wildman–Crippen LogP) is 0.298. The molecule has 0 amide bonds. The van der Waals surface area contributed by atoms with Crippen LogP contribution in [0.25, 0.3) is 0 Å². The minimum atomic E-state index is -3.32. The Bertz CT molecular complexity index is 412. The summed E-state index contributed by atoms with van der Waals surface area (Å²) < 4.78 is 26.9. The Labute approximate surface area is 89.7 Å². The molecule has 0 radical (unpaired) electrons. The topological polar surface area (TPSA) is 76.9 Å². The summed E-state index contributed by atoms with van der Waals surface area (Å²) in [6, 6.07) is 0. The lowest BCUT2D eigenvalue weighted by Gasteiger charge is -2.07. The SMILES string of the molecule is CCCn1cc(C(C)S(=O)(=O)NC)nn1. The molecule has 0 aliphatic carbocycles. The highest BCUT2D eigenvalue weighted by Gasteiger charge is 2.23. The van der Waals surface area contributed by atoms with Gasteiger partial charge in [0.1, 0.15) is 10.9 Å². The lowest BCUT2D eigenvalue weighted by atomic mass is 10.4. The summed E-state index contributed by atoms with van der Waals surface area (Å²) in [5, 5.41) is 7.02. The van der Waals surface area contributed by atoms with Gasteiger partial charge in [-0.2, -0.15) is 0 Å². The number of hydrogen-bond acceptors (Lipinski definition) is 4. The molecule has 0 fully saturated rings.